The van der Waals surface area contributed by atoms with Gasteiger partial charge in [0.2, 0.25) is 0 Å². The number of nitrogens with two attached hydrogens (primary N) is 3. The van der Waals surface area contributed by atoms with Crippen LogP contribution in [0.25, 0.3) is 0 Å². The van der Waals surface area contributed by atoms with Crippen molar-refractivity contribution in [1.82, 2.24) is 5.32 Å². The van der Waals surface area contributed by atoms with E-state index in [0.717, 1.165) is 0 Å². The van der Waals surface area contributed by atoms with Crippen LogP contribution in [0.2, 0.25) is 0 Å². The van der Waals surface area contributed by atoms with E-state index in [0.29, 0.717) is 36.9 Å². The van der Waals surface area contributed by atoms with E-state index in [9.17, 15) is 14.4 Å². The molecule has 0 aliphatic heterocycles. The van der Waals surface area contributed by atoms with E-state index in [4.69, 9.17) is 31.4 Å². The molecule has 0 aromatic heterocycles. The zero-order valence-electron chi connectivity index (χ0n) is 26.5. The van der Waals surface area contributed by atoms with Crippen LogP contribution in [0, 0.1) is 17.8 Å². The first-order valence-corrected chi connectivity index (χ1v) is 14.6. The van der Waals surface area contributed by atoms with Crippen molar-refractivity contribution in [2.75, 3.05) is 6.54 Å². The largest absolute Gasteiger partial charge is 0.460 e. The Morgan fingerprint density at radius 2 is 1.27 bits per heavy atom. The van der Waals surface area contributed by atoms with Crippen molar-refractivity contribution in [2.24, 2.45) is 35.0 Å². The lowest BCUT2D eigenvalue weighted by molar-refractivity contribution is -0.151. The van der Waals surface area contributed by atoms with Gasteiger partial charge in [0.25, 0.3) is 0 Å². The number of carbonyl (C=O) groups excluding carboxylic acids is 3. The Kier molecular flexibility index (Phi) is 15.0. The molecule has 41 heavy (non-hydrogen) atoms. The van der Waals surface area contributed by atoms with Crippen molar-refractivity contribution < 1.29 is 28.6 Å². The third-order valence-corrected chi connectivity index (χ3v) is 6.20. The van der Waals surface area contributed by atoms with E-state index in [2.05, 4.69) is 5.32 Å². The standard InChI is InChI=1S/C31H54N4O6/c1-18(2)12-23(32)28(36)39-17-22-15-21(10-11-26(22)40-29(37)24(33)13-19(3)4)27(16-35-31(7,8)9)41-30(38)25(34)14-20(5)6/h10-11,15,18-20,23-25,27,35H,12-14,16-17,32-34H2,1-9H3/t23-,24-,25-,27?/m0/s1. The molecule has 0 saturated heterocycles. The molecule has 1 unspecified atom stereocenters. The number of benzene rings is 1. The minimum absolute atomic E-state index is 0.194. The second kappa shape index (κ2) is 16.8. The van der Waals surface area contributed by atoms with Gasteiger partial charge in [0.1, 0.15) is 36.6 Å². The molecule has 0 amide bonds. The topological polar surface area (TPSA) is 169 Å². The molecule has 4 atom stereocenters. The number of hydrogen-bond acceptors (Lipinski definition) is 10. The molecule has 1 rings (SSSR count). The average Bonchev–Trinajstić information content (AvgIpc) is 2.83. The fraction of sp³-hybridized carbons (Fsp3) is 0.710. The lowest BCUT2D eigenvalue weighted by Gasteiger charge is -2.27. The van der Waals surface area contributed by atoms with Gasteiger partial charge in [-0.3, -0.25) is 9.59 Å². The molecule has 1 aromatic rings. The number of carbonyl (C=O) groups is 3. The molecule has 0 aliphatic rings. The monoisotopic (exact) mass is 578 g/mol. The SMILES string of the molecule is CC(C)C[C@H](N)C(=O)OCc1cc(C(CNC(C)(C)C)OC(=O)[C@@H](N)CC(C)C)ccc1OC(=O)[C@@H](N)CC(C)C. The summed E-state index contributed by atoms with van der Waals surface area (Å²) in [6.45, 7) is 18.0. The van der Waals surface area contributed by atoms with Crippen LogP contribution in [0.5, 0.6) is 5.75 Å². The summed E-state index contributed by atoms with van der Waals surface area (Å²) >= 11 is 0. The highest BCUT2D eigenvalue weighted by atomic mass is 16.6. The molecule has 10 heteroatoms. The van der Waals surface area contributed by atoms with Crippen LogP contribution >= 0.6 is 0 Å². The lowest BCUT2D eigenvalue weighted by atomic mass is 10.0. The number of ether oxygens (including phenoxy) is 3. The minimum atomic E-state index is -0.809. The number of hydrogen-bond donors (Lipinski definition) is 4. The van der Waals surface area contributed by atoms with Gasteiger partial charge in [-0.1, -0.05) is 47.6 Å². The van der Waals surface area contributed by atoms with Crippen molar-refractivity contribution >= 4 is 17.9 Å². The van der Waals surface area contributed by atoms with Crippen LogP contribution in [-0.4, -0.2) is 48.1 Å². The van der Waals surface area contributed by atoms with E-state index >= 15 is 0 Å². The van der Waals surface area contributed by atoms with Crippen LogP contribution in [0.4, 0.5) is 0 Å². The van der Waals surface area contributed by atoms with Crippen LogP contribution in [0.15, 0.2) is 18.2 Å². The third kappa shape index (κ3) is 14.3. The number of nitrogens with one attached hydrogen (secondary N) is 1. The number of rotatable bonds is 16. The van der Waals surface area contributed by atoms with Gasteiger partial charge in [0.15, 0.2) is 0 Å². The quantitative estimate of drug-likeness (QED) is 0.167. The summed E-state index contributed by atoms with van der Waals surface area (Å²) in [5.41, 5.74) is 18.9. The molecule has 0 heterocycles. The van der Waals surface area contributed by atoms with Crippen LogP contribution in [-0.2, 0) is 30.5 Å². The Bertz CT molecular complexity index is 989. The predicted molar refractivity (Wildman–Crippen MR) is 161 cm³/mol. The highest BCUT2D eigenvalue weighted by Gasteiger charge is 2.26. The number of esters is 3. The van der Waals surface area contributed by atoms with Crippen LogP contribution in [0.3, 0.4) is 0 Å². The minimum Gasteiger partial charge on any atom is -0.460 e. The van der Waals surface area contributed by atoms with Gasteiger partial charge in [0.05, 0.1) is 0 Å². The molecule has 0 fully saturated rings. The molecule has 7 N–H and O–H groups in total. The second-order valence-electron chi connectivity index (χ2n) is 13.2. The highest BCUT2D eigenvalue weighted by Crippen LogP contribution is 2.28. The van der Waals surface area contributed by atoms with Crippen molar-refractivity contribution in [3.8, 4) is 5.75 Å². The van der Waals surface area contributed by atoms with E-state index < -0.39 is 42.1 Å². The Balaban J connectivity index is 3.37. The summed E-state index contributed by atoms with van der Waals surface area (Å²) < 4.78 is 17.0. The summed E-state index contributed by atoms with van der Waals surface area (Å²) in [4.78, 5) is 38.2. The molecule has 10 nitrogen and oxygen atoms in total. The van der Waals surface area contributed by atoms with Crippen molar-refractivity contribution in [1.29, 1.82) is 0 Å². The van der Waals surface area contributed by atoms with Gasteiger partial charge >= 0.3 is 17.9 Å². The average molecular weight is 579 g/mol. The van der Waals surface area contributed by atoms with Gasteiger partial charge in [0, 0.05) is 17.6 Å². The van der Waals surface area contributed by atoms with Gasteiger partial charge in [-0.2, -0.15) is 0 Å². The molecule has 0 radical (unpaired) electrons. The van der Waals surface area contributed by atoms with Crippen LogP contribution < -0.4 is 27.3 Å². The maximum absolute atomic E-state index is 12.9. The first-order chi connectivity index (χ1) is 18.9. The maximum atomic E-state index is 12.9. The molecule has 234 valence electrons. The molecular weight excluding hydrogens is 524 g/mol. The fourth-order valence-corrected chi connectivity index (χ4v) is 4.12. The van der Waals surface area contributed by atoms with Crippen molar-refractivity contribution in [3.05, 3.63) is 29.3 Å². The van der Waals surface area contributed by atoms with Crippen LogP contribution in [0.1, 0.15) is 98.8 Å². The molecule has 1 aromatic carbocycles. The Labute approximate surface area is 246 Å². The second-order valence-corrected chi connectivity index (χ2v) is 13.2. The summed E-state index contributed by atoms with van der Waals surface area (Å²) in [5, 5.41) is 3.37. The molecule has 0 bridgehead atoms. The fourth-order valence-electron chi connectivity index (χ4n) is 4.12. The first kappa shape index (κ1) is 36.5. The molecular formula is C31H54N4O6. The zero-order valence-corrected chi connectivity index (χ0v) is 26.5. The summed E-state index contributed by atoms with van der Waals surface area (Å²) in [6.07, 6.45) is 0.711. The summed E-state index contributed by atoms with van der Waals surface area (Å²) in [7, 11) is 0. The van der Waals surface area contributed by atoms with E-state index in [1.807, 2.05) is 62.3 Å². The molecule has 0 saturated carbocycles. The van der Waals surface area contributed by atoms with Crippen molar-refractivity contribution in [3.63, 3.8) is 0 Å². The van der Waals surface area contributed by atoms with E-state index in [-0.39, 0.29) is 35.6 Å². The van der Waals surface area contributed by atoms with E-state index in [1.165, 1.54) is 0 Å². The predicted octanol–water partition coefficient (Wildman–Crippen LogP) is 3.73. The van der Waals surface area contributed by atoms with Crippen molar-refractivity contribution in [2.45, 2.75) is 118 Å². The molecule has 0 spiro atoms. The lowest BCUT2D eigenvalue weighted by Crippen LogP contribution is -2.41. The Morgan fingerprint density at radius 3 is 1.76 bits per heavy atom. The maximum Gasteiger partial charge on any atom is 0.328 e. The third-order valence-electron chi connectivity index (χ3n) is 6.20. The summed E-state index contributed by atoms with van der Waals surface area (Å²) in [5.74, 6) is -0.815. The van der Waals surface area contributed by atoms with E-state index in [1.54, 1.807) is 18.2 Å². The van der Waals surface area contributed by atoms with Gasteiger partial charge < -0.3 is 36.7 Å². The highest BCUT2D eigenvalue weighted by molar-refractivity contribution is 5.79. The normalized spacial score (nSPS) is 15.0. The van der Waals surface area contributed by atoms with Gasteiger partial charge in [-0.25, -0.2) is 4.79 Å². The molecule has 0 aliphatic carbocycles. The zero-order chi connectivity index (χ0) is 31.5. The Hall–Kier alpha value is -2.53. The van der Waals surface area contributed by atoms with Gasteiger partial charge in [-0.15, -0.1) is 0 Å². The Morgan fingerprint density at radius 1 is 0.780 bits per heavy atom. The smallest absolute Gasteiger partial charge is 0.328 e. The first-order valence-electron chi connectivity index (χ1n) is 14.6. The summed E-state index contributed by atoms with van der Waals surface area (Å²) in [6, 6.07) is 2.65. The van der Waals surface area contributed by atoms with Gasteiger partial charge in [-0.05, 0) is 75.5 Å².